The predicted octanol–water partition coefficient (Wildman–Crippen LogP) is 2.04. The largest absolute Gasteiger partial charge is 0.481 e. The van der Waals surface area contributed by atoms with Gasteiger partial charge in [0.15, 0.2) is 0 Å². The van der Waals surface area contributed by atoms with E-state index in [1.54, 1.807) is 19.1 Å². The summed E-state index contributed by atoms with van der Waals surface area (Å²) in [6.07, 6.45) is 0.610. The van der Waals surface area contributed by atoms with E-state index in [2.05, 4.69) is 4.74 Å². The normalized spacial score (nSPS) is 26.1. The molecule has 1 aromatic carbocycles. The highest BCUT2D eigenvalue weighted by atomic mass is 19.3. The zero-order valence-electron chi connectivity index (χ0n) is 10.4. The van der Waals surface area contributed by atoms with Gasteiger partial charge in [-0.25, -0.2) is 0 Å². The molecule has 1 aliphatic rings. The van der Waals surface area contributed by atoms with Gasteiger partial charge in [0.1, 0.15) is 5.75 Å². The van der Waals surface area contributed by atoms with Gasteiger partial charge in [-0.1, -0.05) is 12.1 Å². The third kappa shape index (κ3) is 2.40. The van der Waals surface area contributed by atoms with Gasteiger partial charge in [0, 0.05) is 6.04 Å². The second kappa shape index (κ2) is 4.77. The molecule has 6 heteroatoms. The summed E-state index contributed by atoms with van der Waals surface area (Å²) in [5, 5.41) is 9.35. The number of nitrogens with two attached hydrogens (primary N) is 1. The summed E-state index contributed by atoms with van der Waals surface area (Å²) in [5.74, 6) is -0.977. The number of carboxylic acid groups (broad SMARTS) is 1. The first-order valence-corrected chi connectivity index (χ1v) is 5.90. The third-order valence-corrected chi connectivity index (χ3v) is 3.59. The molecule has 1 saturated carbocycles. The van der Waals surface area contributed by atoms with Crippen molar-refractivity contribution in [2.45, 2.75) is 37.8 Å². The van der Waals surface area contributed by atoms with E-state index < -0.39 is 18.0 Å². The summed E-state index contributed by atoms with van der Waals surface area (Å²) in [7, 11) is 0. The lowest BCUT2D eigenvalue weighted by Crippen LogP contribution is -2.54. The quantitative estimate of drug-likeness (QED) is 0.879. The van der Waals surface area contributed by atoms with Gasteiger partial charge in [0.05, 0.1) is 5.41 Å². The Morgan fingerprint density at radius 2 is 2.16 bits per heavy atom. The molecule has 0 spiro atoms. The Bertz CT molecular complexity index is 499. The van der Waals surface area contributed by atoms with E-state index in [-0.39, 0.29) is 11.8 Å². The molecule has 0 bridgehead atoms. The van der Waals surface area contributed by atoms with Crippen LogP contribution in [0.2, 0.25) is 0 Å². The van der Waals surface area contributed by atoms with Crippen molar-refractivity contribution < 1.29 is 23.4 Å². The molecule has 0 heterocycles. The first-order valence-electron chi connectivity index (χ1n) is 5.90. The van der Waals surface area contributed by atoms with Crippen molar-refractivity contribution in [2.75, 3.05) is 0 Å². The number of ether oxygens (including phenoxy) is 1. The highest BCUT2D eigenvalue weighted by molar-refractivity contribution is 5.83. The molecule has 0 amide bonds. The van der Waals surface area contributed by atoms with Gasteiger partial charge >= 0.3 is 12.6 Å². The second-order valence-corrected chi connectivity index (χ2v) is 4.91. The molecule has 0 unspecified atom stereocenters. The van der Waals surface area contributed by atoms with Crippen LogP contribution in [-0.4, -0.2) is 23.7 Å². The maximum Gasteiger partial charge on any atom is 0.387 e. The second-order valence-electron chi connectivity index (χ2n) is 4.91. The van der Waals surface area contributed by atoms with Crippen molar-refractivity contribution in [3.63, 3.8) is 0 Å². The number of rotatable bonds is 4. The fourth-order valence-corrected chi connectivity index (χ4v) is 2.49. The van der Waals surface area contributed by atoms with Crippen LogP contribution in [0.3, 0.4) is 0 Å². The molecule has 0 radical (unpaired) electrons. The number of hydrogen-bond donors (Lipinski definition) is 2. The van der Waals surface area contributed by atoms with Crippen LogP contribution < -0.4 is 10.5 Å². The monoisotopic (exact) mass is 271 g/mol. The molecular formula is C13H15F2NO3. The number of hydrogen-bond acceptors (Lipinski definition) is 3. The minimum absolute atomic E-state index is 0.00796. The molecule has 104 valence electrons. The molecule has 1 fully saturated rings. The molecule has 0 aromatic heterocycles. The number of aliphatic carboxylic acids is 1. The van der Waals surface area contributed by atoms with Gasteiger partial charge < -0.3 is 15.6 Å². The number of carboxylic acids is 1. The highest BCUT2D eigenvalue weighted by Gasteiger charge is 2.50. The lowest BCUT2D eigenvalue weighted by Gasteiger charge is -2.43. The standard InChI is InChI=1S/C13H15F2NO3/c1-7-2-3-8(4-10(7)19-12(14)15)13(11(17)18)5-9(16)6-13/h2-4,9,12H,5-6,16H2,1H3,(H,17,18). The van der Waals surface area contributed by atoms with E-state index in [1.807, 2.05) is 0 Å². The third-order valence-electron chi connectivity index (χ3n) is 3.59. The van der Waals surface area contributed by atoms with Crippen LogP contribution in [0.5, 0.6) is 5.75 Å². The van der Waals surface area contributed by atoms with Gasteiger partial charge in [-0.15, -0.1) is 0 Å². The van der Waals surface area contributed by atoms with Crippen LogP contribution in [-0.2, 0) is 10.2 Å². The molecule has 3 N–H and O–H groups in total. The Hall–Kier alpha value is -1.69. The SMILES string of the molecule is Cc1ccc(C2(C(=O)O)CC(N)C2)cc1OC(F)F. The Kier molecular flexibility index (Phi) is 3.45. The number of aryl methyl sites for hydroxylation is 1. The summed E-state index contributed by atoms with van der Waals surface area (Å²) in [6.45, 7) is -1.31. The molecule has 0 saturated heterocycles. The van der Waals surface area contributed by atoms with Gasteiger partial charge in [0.2, 0.25) is 0 Å². The molecule has 0 atom stereocenters. The average molecular weight is 271 g/mol. The summed E-state index contributed by atoms with van der Waals surface area (Å²) in [6, 6.07) is 4.42. The van der Waals surface area contributed by atoms with Crippen molar-refractivity contribution in [3.8, 4) is 5.75 Å². The molecule has 2 rings (SSSR count). The van der Waals surface area contributed by atoms with E-state index >= 15 is 0 Å². The smallest absolute Gasteiger partial charge is 0.387 e. The van der Waals surface area contributed by atoms with Crippen LogP contribution >= 0.6 is 0 Å². The Morgan fingerprint density at radius 3 is 2.63 bits per heavy atom. The Balaban J connectivity index is 2.37. The zero-order valence-corrected chi connectivity index (χ0v) is 10.4. The predicted molar refractivity (Wildman–Crippen MR) is 64.3 cm³/mol. The average Bonchev–Trinajstić information content (AvgIpc) is 2.26. The maximum absolute atomic E-state index is 12.3. The first-order chi connectivity index (χ1) is 8.85. The van der Waals surface area contributed by atoms with Crippen molar-refractivity contribution in [1.29, 1.82) is 0 Å². The zero-order chi connectivity index (χ0) is 14.2. The van der Waals surface area contributed by atoms with Gasteiger partial charge in [-0.05, 0) is 37.0 Å². The lowest BCUT2D eigenvalue weighted by atomic mass is 9.62. The van der Waals surface area contributed by atoms with Gasteiger partial charge in [-0.3, -0.25) is 4.79 Å². The van der Waals surface area contributed by atoms with Crippen LogP contribution in [0.1, 0.15) is 24.0 Å². The minimum Gasteiger partial charge on any atom is -0.481 e. The van der Waals surface area contributed by atoms with Crippen LogP contribution in [0.15, 0.2) is 18.2 Å². The molecule has 19 heavy (non-hydrogen) atoms. The van der Waals surface area contributed by atoms with E-state index in [0.717, 1.165) is 0 Å². The Morgan fingerprint density at radius 1 is 1.53 bits per heavy atom. The Labute approximate surface area is 109 Å². The van der Waals surface area contributed by atoms with Gasteiger partial charge in [0.25, 0.3) is 0 Å². The van der Waals surface area contributed by atoms with E-state index in [1.165, 1.54) is 6.07 Å². The van der Waals surface area contributed by atoms with Crippen molar-refractivity contribution in [3.05, 3.63) is 29.3 Å². The lowest BCUT2D eigenvalue weighted by molar-refractivity contribution is -0.148. The molecular weight excluding hydrogens is 256 g/mol. The molecule has 4 nitrogen and oxygen atoms in total. The fourth-order valence-electron chi connectivity index (χ4n) is 2.49. The minimum atomic E-state index is -2.93. The summed E-state index contributed by atoms with van der Waals surface area (Å²) in [5.41, 5.74) is 5.58. The first kappa shape index (κ1) is 13.7. The molecule has 1 aromatic rings. The van der Waals surface area contributed by atoms with Crippen LogP contribution in [0, 0.1) is 6.92 Å². The topological polar surface area (TPSA) is 72.5 Å². The summed E-state index contributed by atoms with van der Waals surface area (Å²) in [4.78, 5) is 11.4. The number of carbonyl (C=O) groups is 1. The van der Waals surface area contributed by atoms with E-state index in [0.29, 0.717) is 24.0 Å². The summed E-state index contributed by atoms with van der Waals surface area (Å²) < 4.78 is 29.0. The molecule has 1 aliphatic carbocycles. The number of alkyl halides is 2. The number of benzene rings is 1. The van der Waals surface area contributed by atoms with Crippen molar-refractivity contribution >= 4 is 5.97 Å². The number of halogens is 2. The van der Waals surface area contributed by atoms with Gasteiger partial charge in [-0.2, -0.15) is 8.78 Å². The van der Waals surface area contributed by atoms with Crippen LogP contribution in [0.25, 0.3) is 0 Å². The fraction of sp³-hybridized carbons (Fsp3) is 0.462. The summed E-state index contributed by atoms with van der Waals surface area (Å²) >= 11 is 0. The van der Waals surface area contributed by atoms with Crippen molar-refractivity contribution in [2.24, 2.45) is 5.73 Å². The van der Waals surface area contributed by atoms with Crippen molar-refractivity contribution in [1.82, 2.24) is 0 Å². The highest BCUT2D eigenvalue weighted by Crippen LogP contribution is 2.44. The van der Waals surface area contributed by atoms with E-state index in [4.69, 9.17) is 5.73 Å². The van der Waals surface area contributed by atoms with E-state index in [9.17, 15) is 18.7 Å². The molecule has 0 aliphatic heterocycles. The maximum atomic E-state index is 12.3. The van der Waals surface area contributed by atoms with Crippen LogP contribution in [0.4, 0.5) is 8.78 Å².